The minimum Gasteiger partial charge on any atom is -0.478 e. The van der Waals surface area contributed by atoms with Gasteiger partial charge in [-0.15, -0.1) is 10.2 Å². The maximum Gasteiger partial charge on any atom is 0.328 e. The monoisotopic (exact) mass is 770 g/mol. The predicted octanol–water partition coefficient (Wildman–Crippen LogP) is 4.50. The third-order valence-electron chi connectivity index (χ3n) is 10.0. The highest BCUT2D eigenvalue weighted by Crippen LogP contribution is 2.44. The number of likely N-dealkylation sites (tertiary alicyclic amines) is 1. The number of hydrogen-bond acceptors (Lipinski definition) is 11. The number of rotatable bonds is 18. The van der Waals surface area contributed by atoms with Crippen LogP contribution >= 0.6 is 0 Å². The van der Waals surface area contributed by atoms with Gasteiger partial charge in [0.2, 0.25) is 5.91 Å². The quantitative estimate of drug-likeness (QED) is 0.203. The Kier molecular flexibility index (Phi) is 16.9. The normalized spacial score (nSPS) is 16.1. The summed E-state index contributed by atoms with van der Waals surface area (Å²) in [4.78, 5) is 59.8. The summed E-state index contributed by atoms with van der Waals surface area (Å²) in [6.45, 7) is 16.0. The second kappa shape index (κ2) is 20.8. The van der Waals surface area contributed by atoms with Crippen molar-refractivity contribution in [1.82, 2.24) is 34.8 Å². The van der Waals surface area contributed by atoms with Crippen LogP contribution in [0.2, 0.25) is 0 Å². The average molecular weight is 771 g/mol. The van der Waals surface area contributed by atoms with Crippen LogP contribution in [-0.4, -0.2) is 148 Å². The lowest BCUT2D eigenvalue weighted by Crippen LogP contribution is -2.60. The average Bonchev–Trinajstić information content (AvgIpc) is 3.56. The minimum atomic E-state index is -1.26. The maximum absolute atomic E-state index is 14.3. The van der Waals surface area contributed by atoms with E-state index in [-0.39, 0.29) is 46.4 Å². The molecule has 15 nitrogen and oxygen atoms in total. The fourth-order valence-corrected chi connectivity index (χ4v) is 7.41. The molecule has 0 saturated carbocycles. The number of carboxylic acid groups (broad SMARTS) is 2. The molecule has 55 heavy (non-hydrogen) atoms. The SMILES string of the molecule is CCC[C@H](CCCN(C)C[C@@H](C)C(=O)N(C)C)N1CC2(CCN(c3ncnnc3Oc3ccc(F)cc3C(=O)N(CC)C(C)C)C2)C1.O=C(O)/C=C/C(=O)O. The van der Waals surface area contributed by atoms with Gasteiger partial charge in [-0.05, 0) is 78.2 Å². The third-order valence-corrected chi connectivity index (χ3v) is 10.0. The van der Waals surface area contributed by atoms with Gasteiger partial charge in [-0.1, -0.05) is 20.3 Å². The Bertz CT molecular complexity index is 1620. The number of carbonyl (C=O) groups is 4. The van der Waals surface area contributed by atoms with Crippen LogP contribution in [0.25, 0.3) is 0 Å². The molecule has 0 aliphatic carbocycles. The highest BCUT2D eigenvalue weighted by atomic mass is 19.1. The number of benzene rings is 1. The minimum absolute atomic E-state index is 0.00507. The zero-order valence-electron chi connectivity index (χ0n) is 33.6. The van der Waals surface area contributed by atoms with Crippen molar-refractivity contribution in [3.8, 4) is 11.6 Å². The van der Waals surface area contributed by atoms with Gasteiger partial charge >= 0.3 is 11.9 Å². The number of carbonyl (C=O) groups excluding carboxylic acids is 2. The summed E-state index contributed by atoms with van der Waals surface area (Å²) >= 11 is 0. The largest absolute Gasteiger partial charge is 0.478 e. The number of aromatic nitrogens is 3. The molecule has 2 aliphatic heterocycles. The lowest BCUT2D eigenvalue weighted by molar-refractivity contribution is -0.134. The molecule has 1 spiro atoms. The number of hydrogen-bond donors (Lipinski definition) is 2. The number of ether oxygens (including phenoxy) is 1. The zero-order valence-corrected chi connectivity index (χ0v) is 33.6. The molecular formula is C39H59FN8O7. The van der Waals surface area contributed by atoms with E-state index in [4.69, 9.17) is 14.9 Å². The number of anilines is 1. The number of halogens is 1. The summed E-state index contributed by atoms with van der Waals surface area (Å²) in [5.41, 5.74) is 0.331. The van der Waals surface area contributed by atoms with Crippen LogP contribution in [0.5, 0.6) is 11.6 Å². The second-order valence-corrected chi connectivity index (χ2v) is 15.1. The lowest BCUT2D eigenvalue weighted by atomic mass is 9.77. The first-order valence-corrected chi connectivity index (χ1v) is 19.0. The third kappa shape index (κ3) is 12.9. The van der Waals surface area contributed by atoms with E-state index in [2.05, 4.69) is 43.9 Å². The van der Waals surface area contributed by atoms with Gasteiger partial charge in [0.05, 0.1) is 5.56 Å². The van der Waals surface area contributed by atoms with E-state index in [9.17, 15) is 23.6 Å². The van der Waals surface area contributed by atoms with Gasteiger partial charge in [-0.25, -0.2) is 19.0 Å². The first kappa shape index (κ1) is 44.7. The molecule has 2 aliphatic rings. The fourth-order valence-electron chi connectivity index (χ4n) is 7.41. The Hall–Kier alpha value is -4.70. The van der Waals surface area contributed by atoms with E-state index < -0.39 is 17.8 Å². The Balaban J connectivity index is 0.000000912. The summed E-state index contributed by atoms with van der Waals surface area (Å²) in [6, 6.07) is 4.48. The molecule has 0 unspecified atom stereocenters. The van der Waals surface area contributed by atoms with Crippen molar-refractivity contribution < 1.29 is 38.5 Å². The summed E-state index contributed by atoms with van der Waals surface area (Å²) < 4.78 is 20.5. The van der Waals surface area contributed by atoms with E-state index in [1.54, 1.807) is 9.80 Å². The molecule has 2 saturated heterocycles. The summed E-state index contributed by atoms with van der Waals surface area (Å²) in [7, 11) is 5.74. The molecule has 3 heterocycles. The predicted molar refractivity (Wildman–Crippen MR) is 207 cm³/mol. The molecule has 2 fully saturated rings. The summed E-state index contributed by atoms with van der Waals surface area (Å²) in [5, 5.41) is 23.8. The van der Waals surface area contributed by atoms with E-state index in [1.807, 2.05) is 41.8 Å². The molecule has 2 aromatic rings. The molecule has 2 N–H and O–H groups in total. The van der Waals surface area contributed by atoms with Gasteiger partial charge in [0.1, 0.15) is 17.9 Å². The van der Waals surface area contributed by atoms with Gasteiger partial charge in [0.15, 0.2) is 5.82 Å². The smallest absolute Gasteiger partial charge is 0.328 e. The highest BCUT2D eigenvalue weighted by Gasteiger charge is 2.50. The van der Waals surface area contributed by atoms with Gasteiger partial charge in [-0.3, -0.25) is 14.5 Å². The number of aliphatic carboxylic acids is 2. The van der Waals surface area contributed by atoms with Crippen molar-refractivity contribution >= 4 is 29.6 Å². The van der Waals surface area contributed by atoms with Crippen molar-refractivity contribution in [2.24, 2.45) is 11.3 Å². The van der Waals surface area contributed by atoms with Crippen LogP contribution < -0.4 is 9.64 Å². The molecule has 0 bridgehead atoms. The first-order chi connectivity index (χ1) is 26.0. The fraction of sp³-hybridized carbons (Fsp3) is 0.615. The van der Waals surface area contributed by atoms with Crippen molar-refractivity contribution in [1.29, 1.82) is 0 Å². The van der Waals surface area contributed by atoms with Crippen LogP contribution in [0.1, 0.15) is 77.1 Å². The van der Waals surface area contributed by atoms with Crippen LogP contribution in [0.3, 0.4) is 0 Å². The topological polar surface area (TPSA) is 173 Å². The molecule has 1 aromatic carbocycles. The van der Waals surface area contributed by atoms with Crippen molar-refractivity contribution in [2.45, 2.75) is 78.8 Å². The number of carboxylic acids is 2. The molecule has 304 valence electrons. The standard InChI is InChI=1S/C35H55FN8O3.C4H4O4/c1-9-12-28(13-11-17-41(8)20-26(5)33(45)40(6)7)43-22-35(23-43)16-18-42(21-35)31-32(39-38-24-37-31)47-30-15-14-27(36)19-29(30)34(46)44(10-2)25(3)4;5-3(6)1-2-4(7)8/h14-15,19,24-26,28H,9-13,16-18,20-23H2,1-8H3;1-2H,(H,5,6)(H,7,8)/b;2-1+/t26-,28-;/m1./s1. The van der Waals surface area contributed by atoms with Gasteiger partial charge < -0.3 is 34.5 Å². The van der Waals surface area contributed by atoms with Crippen molar-refractivity contribution in [3.05, 3.63) is 48.1 Å². The molecule has 16 heteroatoms. The second-order valence-electron chi connectivity index (χ2n) is 15.1. The van der Waals surface area contributed by atoms with Gasteiger partial charge in [0.25, 0.3) is 11.8 Å². The first-order valence-electron chi connectivity index (χ1n) is 19.0. The number of nitrogens with zero attached hydrogens (tertiary/aromatic N) is 8. The molecule has 1 aromatic heterocycles. The van der Waals surface area contributed by atoms with Crippen molar-refractivity contribution in [3.63, 3.8) is 0 Å². The summed E-state index contributed by atoms with van der Waals surface area (Å²) in [5.74, 6) is -2.12. The molecule has 0 radical (unpaired) electrons. The van der Waals surface area contributed by atoms with Crippen molar-refractivity contribution in [2.75, 3.05) is 71.9 Å². The maximum atomic E-state index is 14.3. The lowest BCUT2D eigenvalue weighted by Gasteiger charge is -2.52. The van der Waals surface area contributed by atoms with Crippen LogP contribution in [-0.2, 0) is 14.4 Å². The van der Waals surface area contributed by atoms with Gasteiger partial charge in [-0.2, -0.15) is 0 Å². The molecular weight excluding hydrogens is 711 g/mol. The summed E-state index contributed by atoms with van der Waals surface area (Å²) in [6.07, 6.45) is 8.16. The zero-order chi connectivity index (χ0) is 40.9. The number of amides is 2. The molecule has 4 rings (SSSR count). The van der Waals surface area contributed by atoms with Crippen LogP contribution in [0.4, 0.5) is 10.2 Å². The highest BCUT2D eigenvalue weighted by molar-refractivity contribution is 5.97. The van der Waals surface area contributed by atoms with E-state index in [0.29, 0.717) is 30.6 Å². The van der Waals surface area contributed by atoms with Crippen LogP contribution in [0, 0.1) is 17.2 Å². The van der Waals surface area contributed by atoms with E-state index in [0.717, 1.165) is 65.0 Å². The van der Waals surface area contributed by atoms with Gasteiger partial charge in [0, 0.05) is 88.9 Å². The Labute approximate surface area is 324 Å². The Morgan fingerprint density at radius 2 is 1.69 bits per heavy atom. The Morgan fingerprint density at radius 1 is 1.02 bits per heavy atom. The van der Waals surface area contributed by atoms with Crippen LogP contribution in [0.15, 0.2) is 36.7 Å². The molecule has 2 amide bonds. The molecule has 2 atom stereocenters. The Morgan fingerprint density at radius 3 is 2.27 bits per heavy atom. The van der Waals surface area contributed by atoms with E-state index in [1.165, 1.54) is 30.9 Å². The van der Waals surface area contributed by atoms with E-state index >= 15 is 0 Å².